The van der Waals surface area contributed by atoms with Crippen LogP contribution in [0.1, 0.15) is 5.56 Å². The van der Waals surface area contributed by atoms with Crippen LogP contribution in [0.3, 0.4) is 0 Å². The van der Waals surface area contributed by atoms with Crippen molar-refractivity contribution in [3.05, 3.63) is 78.5 Å². The molecule has 26 heavy (non-hydrogen) atoms. The molecule has 0 unspecified atom stereocenters. The summed E-state index contributed by atoms with van der Waals surface area (Å²) in [6.07, 6.45) is 1.64. The third-order valence-corrected chi connectivity index (χ3v) is 3.45. The van der Waals surface area contributed by atoms with Gasteiger partial charge in [0.15, 0.2) is 6.61 Å². The van der Waals surface area contributed by atoms with Gasteiger partial charge in [-0.25, -0.2) is 4.98 Å². The van der Waals surface area contributed by atoms with Crippen molar-refractivity contribution < 1.29 is 9.53 Å². The fraction of sp³-hybridized carbons (Fsp3) is 0.0500. The van der Waals surface area contributed by atoms with Crippen molar-refractivity contribution in [2.75, 3.05) is 17.2 Å². The highest BCUT2D eigenvalue weighted by atomic mass is 16.5. The number of nitriles is 1. The maximum absolute atomic E-state index is 11.9. The van der Waals surface area contributed by atoms with E-state index in [9.17, 15) is 4.79 Å². The zero-order chi connectivity index (χ0) is 18.2. The van der Waals surface area contributed by atoms with Crippen molar-refractivity contribution in [1.29, 1.82) is 5.26 Å². The van der Waals surface area contributed by atoms with Crippen LogP contribution in [0, 0.1) is 11.3 Å². The number of hydrogen-bond acceptors (Lipinski definition) is 5. The van der Waals surface area contributed by atoms with Gasteiger partial charge in [0.25, 0.3) is 5.91 Å². The van der Waals surface area contributed by atoms with Gasteiger partial charge in [-0.2, -0.15) is 5.26 Å². The normalized spacial score (nSPS) is 9.81. The van der Waals surface area contributed by atoms with Gasteiger partial charge in [-0.15, -0.1) is 0 Å². The van der Waals surface area contributed by atoms with Gasteiger partial charge < -0.3 is 15.4 Å². The Morgan fingerprint density at radius 3 is 2.42 bits per heavy atom. The van der Waals surface area contributed by atoms with E-state index in [-0.39, 0.29) is 12.5 Å². The minimum Gasteiger partial charge on any atom is -0.484 e. The number of hydrogen-bond donors (Lipinski definition) is 2. The van der Waals surface area contributed by atoms with Crippen LogP contribution in [0.15, 0.2) is 72.9 Å². The van der Waals surface area contributed by atoms with Crippen LogP contribution in [-0.4, -0.2) is 17.5 Å². The highest BCUT2D eigenvalue weighted by Gasteiger charge is 2.05. The summed E-state index contributed by atoms with van der Waals surface area (Å²) in [6, 6.07) is 21.9. The number of rotatable bonds is 6. The van der Waals surface area contributed by atoms with Gasteiger partial charge in [-0.05, 0) is 48.5 Å². The number of amides is 1. The van der Waals surface area contributed by atoms with Gasteiger partial charge in [0.1, 0.15) is 11.6 Å². The second kappa shape index (κ2) is 8.31. The number of aromatic nitrogens is 1. The summed E-state index contributed by atoms with van der Waals surface area (Å²) in [5.41, 5.74) is 2.32. The molecule has 0 atom stereocenters. The zero-order valence-corrected chi connectivity index (χ0v) is 13.8. The van der Waals surface area contributed by atoms with Gasteiger partial charge in [0.05, 0.1) is 23.5 Å². The molecule has 6 nitrogen and oxygen atoms in total. The van der Waals surface area contributed by atoms with Crippen molar-refractivity contribution >= 4 is 23.1 Å². The van der Waals surface area contributed by atoms with Crippen molar-refractivity contribution in [1.82, 2.24) is 4.98 Å². The molecule has 0 aliphatic heterocycles. The van der Waals surface area contributed by atoms with Crippen LogP contribution in [0.4, 0.5) is 17.2 Å². The first-order valence-electron chi connectivity index (χ1n) is 7.94. The first-order chi connectivity index (χ1) is 12.7. The number of anilines is 3. The number of nitrogens with zero attached hydrogens (tertiary/aromatic N) is 2. The molecule has 0 bridgehead atoms. The number of carbonyl (C=O) groups excluding carboxylic acids is 1. The zero-order valence-electron chi connectivity index (χ0n) is 13.8. The second-order valence-electron chi connectivity index (χ2n) is 5.40. The van der Waals surface area contributed by atoms with E-state index in [2.05, 4.69) is 15.6 Å². The molecule has 1 heterocycles. The molecule has 0 fully saturated rings. The molecular formula is C20H16N4O2. The fourth-order valence-corrected chi connectivity index (χ4v) is 2.18. The predicted octanol–water partition coefficient (Wildman–Crippen LogP) is 3.71. The fourth-order valence-electron chi connectivity index (χ4n) is 2.18. The van der Waals surface area contributed by atoms with Crippen molar-refractivity contribution in [2.45, 2.75) is 0 Å². The van der Waals surface area contributed by atoms with Crippen molar-refractivity contribution in [3.63, 3.8) is 0 Å². The van der Waals surface area contributed by atoms with E-state index in [1.54, 1.807) is 36.5 Å². The summed E-state index contributed by atoms with van der Waals surface area (Å²) < 4.78 is 5.38. The van der Waals surface area contributed by atoms with Crippen LogP contribution in [-0.2, 0) is 4.79 Å². The van der Waals surface area contributed by atoms with E-state index in [1.165, 1.54) is 0 Å². The van der Waals surface area contributed by atoms with E-state index < -0.39 is 0 Å². The van der Waals surface area contributed by atoms with E-state index in [0.717, 1.165) is 11.4 Å². The molecule has 6 heteroatoms. The Balaban J connectivity index is 1.50. The van der Waals surface area contributed by atoms with Gasteiger partial charge in [-0.1, -0.05) is 18.2 Å². The third-order valence-electron chi connectivity index (χ3n) is 3.45. The lowest BCUT2D eigenvalue weighted by atomic mass is 10.2. The molecule has 1 amide bonds. The van der Waals surface area contributed by atoms with Crippen LogP contribution in [0.2, 0.25) is 0 Å². The lowest BCUT2D eigenvalue weighted by molar-refractivity contribution is -0.118. The Morgan fingerprint density at radius 2 is 1.77 bits per heavy atom. The Morgan fingerprint density at radius 1 is 1.00 bits per heavy atom. The Hall–Kier alpha value is -3.85. The smallest absolute Gasteiger partial charge is 0.263 e. The molecule has 128 valence electrons. The maximum Gasteiger partial charge on any atom is 0.263 e. The third kappa shape index (κ3) is 4.82. The lowest BCUT2D eigenvalue weighted by Gasteiger charge is -2.09. The molecule has 2 N–H and O–H groups in total. The van der Waals surface area contributed by atoms with Crippen molar-refractivity contribution in [3.8, 4) is 11.8 Å². The quantitative estimate of drug-likeness (QED) is 0.712. The molecule has 3 aromatic rings. The summed E-state index contributed by atoms with van der Waals surface area (Å²) in [6.45, 7) is -0.141. The topological polar surface area (TPSA) is 87.0 Å². The molecule has 3 rings (SSSR count). The van der Waals surface area contributed by atoms with Gasteiger partial charge in [0.2, 0.25) is 0 Å². The lowest BCUT2D eigenvalue weighted by Crippen LogP contribution is -2.20. The van der Waals surface area contributed by atoms with E-state index in [4.69, 9.17) is 10.00 Å². The van der Waals surface area contributed by atoms with E-state index >= 15 is 0 Å². The molecule has 0 spiro atoms. The number of carbonyl (C=O) groups is 1. The average Bonchev–Trinajstić information content (AvgIpc) is 2.69. The summed E-state index contributed by atoms with van der Waals surface area (Å²) >= 11 is 0. The Bertz CT molecular complexity index is 901. The second-order valence-corrected chi connectivity index (χ2v) is 5.40. The summed E-state index contributed by atoms with van der Waals surface area (Å²) in [4.78, 5) is 16.1. The summed E-state index contributed by atoms with van der Waals surface area (Å²) in [5, 5.41) is 14.6. The van der Waals surface area contributed by atoms with E-state index in [0.29, 0.717) is 17.1 Å². The van der Waals surface area contributed by atoms with Gasteiger partial charge in [-0.3, -0.25) is 4.79 Å². The molecule has 1 aromatic heterocycles. The molecule has 0 saturated carbocycles. The summed E-state index contributed by atoms with van der Waals surface area (Å²) in [7, 11) is 0. The minimum atomic E-state index is -0.314. The number of para-hydroxylation sites is 1. The monoisotopic (exact) mass is 344 g/mol. The standard InChI is InChI=1S/C20H16N4O2/c21-12-15-6-9-18(10-7-15)26-14-20(25)24-19-11-8-17(13-22-19)23-16-4-2-1-3-5-16/h1-11,13,23H,14H2,(H,22,24,25). The van der Waals surface area contributed by atoms with Gasteiger partial charge >= 0.3 is 0 Å². The first-order valence-corrected chi connectivity index (χ1v) is 7.94. The molecule has 2 aromatic carbocycles. The average molecular weight is 344 g/mol. The molecule has 0 aliphatic rings. The Kier molecular flexibility index (Phi) is 5.43. The maximum atomic E-state index is 11.9. The minimum absolute atomic E-state index is 0.141. The highest BCUT2D eigenvalue weighted by molar-refractivity contribution is 5.91. The van der Waals surface area contributed by atoms with Gasteiger partial charge in [0, 0.05) is 5.69 Å². The van der Waals surface area contributed by atoms with Crippen LogP contribution in [0.5, 0.6) is 5.75 Å². The number of pyridine rings is 1. The molecule has 0 saturated heterocycles. The molecule has 0 radical (unpaired) electrons. The summed E-state index contributed by atoms with van der Waals surface area (Å²) in [5.74, 6) is 0.650. The number of benzene rings is 2. The number of ether oxygens (including phenoxy) is 1. The van der Waals surface area contributed by atoms with Crippen LogP contribution >= 0.6 is 0 Å². The Labute approximate surface area is 151 Å². The molecule has 0 aliphatic carbocycles. The largest absolute Gasteiger partial charge is 0.484 e. The van der Waals surface area contributed by atoms with E-state index in [1.807, 2.05) is 42.5 Å². The highest BCUT2D eigenvalue weighted by Crippen LogP contribution is 2.16. The SMILES string of the molecule is N#Cc1ccc(OCC(=O)Nc2ccc(Nc3ccccc3)cn2)cc1. The number of nitrogens with one attached hydrogen (secondary N) is 2. The predicted molar refractivity (Wildman–Crippen MR) is 99.2 cm³/mol. The molecular weight excluding hydrogens is 328 g/mol. The first kappa shape index (κ1) is 17.0. The van der Waals surface area contributed by atoms with Crippen LogP contribution < -0.4 is 15.4 Å². The van der Waals surface area contributed by atoms with Crippen molar-refractivity contribution in [2.24, 2.45) is 0 Å². The van der Waals surface area contributed by atoms with Crippen LogP contribution in [0.25, 0.3) is 0 Å².